The van der Waals surface area contributed by atoms with Crippen molar-refractivity contribution in [2.45, 2.75) is 0 Å². The summed E-state index contributed by atoms with van der Waals surface area (Å²) in [7, 11) is 0. The van der Waals surface area contributed by atoms with Crippen LogP contribution in [0.1, 0.15) is 5.56 Å². The Hall–Kier alpha value is -13.2. The topological polar surface area (TPSA) is 57.7 Å². The first-order valence-electron chi connectivity index (χ1n) is 31.8. The van der Waals surface area contributed by atoms with E-state index in [1.54, 1.807) is 12.1 Å². The molecule has 0 atom stereocenters. The second-order valence-electron chi connectivity index (χ2n) is 24.7. The predicted octanol–water partition coefficient (Wildman–Crippen LogP) is 22.5. The van der Waals surface area contributed by atoms with Gasteiger partial charge in [-0.3, -0.25) is 0 Å². The van der Waals surface area contributed by atoms with Gasteiger partial charge in [-0.2, -0.15) is 5.26 Å². The van der Waals surface area contributed by atoms with Gasteiger partial charge in [-0.15, -0.1) is 0 Å². The number of rotatable bonds is 7. The number of benzene rings is 14. The summed E-state index contributed by atoms with van der Waals surface area (Å²) in [5.74, 6) is -0.568. The lowest BCUT2D eigenvalue weighted by molar-refractivity contribution is 0.632. The van der Waals surface area contributed by atoms with Gasteiger partial charge in [0.2, 0.25) is 0 Å². The summed E-state index contributed by atoms with van der Waals surface area (Å²) < 4.78 is 32.2. The molecular formula is C86H49FN8. The van der Waals surface area contributed by atoms with Crippen molar-refractivity contribution in [3.8, 4) is 51.3 Å². The Balaban J connectivity index is 0.956. The van der Waals surface area contributed by atoms with Gasteiger partial charge in [0, 0.05) is 98.5 Å². The van der Waals surface area contributed by atoms with E-state index in [9.17, 15) is 5.26 Å². The summed E-state index contributed by atoms with van der Waals surface area (Å²) in [5, 5.41) is 24.8. The molecule has 95 heavy (non-hydrogen) atoms. The maximum absolute atomic E-state index is 18.4. The fourth-order valence-corrected chi connectivity index (χ4v) is 16.0. The second kappa shape index (κ2) is 19.9. The molecule has 0 radical (unpaired) electrons. The molecule has 9 heteroatoms. The molecule has 0 saturated heterocycles. The monoisotopic (exact) mass is 1210 g/mol. The van der Waals surface area contributed by atoms with Gasteiger partial charge in [0.05, 0.1) is 95.8 Å². The Morgan fingerprint density at radius 3 is 0.768 bits per heavy atom. The van der Waals surface area contributed by atoms with Gasteiger partial charge >= 0.3 is 0 Å². The normalized spacial score (nSPS) is 12.0. The van der Waals surface area contributed by atoms with E-state index in [1.165, 1.54) is 6.07 Å². The molecule has 14 aromatic carbocycles. The van der Waals surface area contributed by atoms with Crippen LogP contribution in [-0.4, -0.2) is 27.4 Å². The molecule has 0 aliphatic heterocycles. The van der Waals surface area contributed by atoms with E-state index < -0.39 is 5.82 Å². The minimum Gasteiger partial charge on any atom is -0.309 e. The molecule has 0 fully saturated rings. The lowest BCUT2D eigenvalue weighted by Crippen LogP contribution is -2.07. The van der Waals surface area contributed by atoms with E-state index in [0.29, 0.717) is 22.5 Å². The van der Waals surface area contributed by atoms with E-state index in [1.807, 2.05) is 12.1 Å². The Morgan fingerprint density at radius 1 is 0.274 bits per heavy atom. The van der Waals surface area contributed by atoms with Crippen molar-refractivity contribution < 1.29 is 4.39 Å². The summed E-state index contributed by atoms with van der Waals surface area (Å²) in [6.07, 6.45) is 0. The van der Waals surface area contributed by atoms with Gasteiger partial charge in [-0.1, -0.05) is 182 Å². The first-order chi connectivity index (χ1) is 47.0. The molecule has 20 aromatic rings. The zero-order valence-corrected chi connectivity index (χ0v) is 50.7. The van der Waals surface area contributed by atoms with Gasteiger partial charge in [-0.25, -0.2) is 9.24 Å². The first kappa shape index (κ1) is 52.6. The van der Waals surface area contributed by atoms with Crippen LogP contribution in [0.5, 0.6) is 0 Å². The third-order valence-corrected chi connectivity index (χ3v) is 19.9. The number of para-hydroxylation sites is 8. The third kappa shape index (κ3) is 7.43. The fourth-order valence-electron chi connectivity index (χ4n) is 16.0. The van der Waals surface area contributed by atoms with Crippen LogP contribution < -0.4 is 0 Å². The quantitative estimate of drug-likeness (QED) is 0.147. The Labute approximate surface area is 541 Å². The van der Waals surface area contributed by atoms with Crippen molar-refractivity contribution in [1.29, 1.82) is 5.26 Å². The molecule has 0 aliphatic rings. The van der Waals surface area contributed by atoms with Crippen LogP contribution in [0.25, 0.3) is 181 Å². The average molecular weight is 1210 g/mol. The molecule has 0 N–H and O–H groups in total. The van der Waals surface area contributed by atoms with Gasteiger partial charge in [-0.05, 0) is 115 Å². The van der Waals surface area contributed by atoms with Crippen LogP contribution in [0.4, 0.5) is 10.1 Å². The van der Waals surface area contributed by atoms with E-state index in [-0.39, 0.29) is 11.3 Å². The Bertz CT molecular complexity index is 5920. The SMILES string of the molecule is [C-]#[N+]c1ccc(-c2c(-n3c4cc(-n5c6ccccc6c6ccccc65)ccc4c4ccc(-n5c6ccccc6c6ccccc65)cc43)cc(C#N)cc2-n2c3cc(-n4c5ccccc5c5ccccc54)ccc3c3ccc(-n4c5ccccc5c5ccccc54)cc32)c(F)c1. The van der Waals surface area contributed by atoms with Crippen LogP contribution in [0.2, 0.25) is 0 Å². The van der Waals surface area contributed by atoms with Crippen LogP contribution in [-0.2, 0) is 0 Å². The predicted molar refractivity (Wildman–Crippen MR) is 389 cm³/mol. The van der Waals surface area contributed by atoms with Crippen LogP contribution in [0.3, 0.4) is 0 Å². The van der Waals surface area contributed by atoms with Gasteiger partial charge in [0.15, 0.2) is 5.69 Å². The highest BCUT2D eigenvalue weighted by molar-refractivity contribution is 6.17. The molecule has 440 valence electrons. The molecular weight excluding hydrogens is 1160 g/mol. The number of fused-ring (bicyclic) bond motifs is 18. The minimum atomic E-state index is -0.568. The highest BCUT2D eigenvalue weighted by Crippen LogP contribution is 2.48. The van der Waals surface area contributed by atoms with Gasteiger partial charge in [0.25, 0.3) is 0 Å². The number of nitrogens with zero attached hydrogens (tertiary/aromatic N) is 8. The molecule has 0 amide bonds. The lowest BCUT2D eigenvalue weighted by Gasteiger charge is -2.22. The van der Waals surface area contributed by atoms with Crippen molar-refractivity contribution in [3.63, 3.8) is 0 Å². The molecule has 8 nitrogen and oxygen atoms in total. The fraction of sp³-hybridized carbons (Fsp3) is 0. The second-order valence-corrected chi connectivity index (χ2v) is 24.7. The van der Waals surface area contributed by atoms with Crippen LogP contribution in [0.15, 0.2) is 297 Å². The minimum absolute atomic E-state index is 0.176. The summed E-state index contributed by atoms with van der Waals surface area (Å²) >= 11 is 0. The number of hydrogen-bond donors (Lipinski definition) is 0. The van der Waals surface area contributed by atoms with Crippen molar-refractivity contribution >= 4 is 137 Å². The maximum atomic E-state index is 18.4. The maximum Gasteiger partial charge on any atom is 0.190 e. The first-order valence-corrected chi connectivity index (χ1v) is 31.8. The van der Waals surface area contributed by atoms with Crippen molar-refractivity contribution in [2.75, 3.05) is 0 Å². The van der Waals surface area contributed by atoms with Crippen molar-refractivity contribution in [3.05, 3.63) is 320 Å². The molecule has 0 bridgehead atoms. The zero-order valence-electron chi connectivity index (χ0n) is 50.7. The average Bonchev–Trinajstić information content (AvgIpc) is 1.58. The van der Waals surface area contributed by atoms with Crippen molar-refractivity contribution in [1.82, 2.24) is 27.4 Å². The Morgan fingerprint density at radius 2 is 0.526 bits per heavy atom. The summed E-state index contributed by atoms with van der Waals surface area (Å²) in [4.78, 5) is 3.76. The molecule has 0 aliphatic carbocycles. The van der Waals surface area contributed by atoms with E-state index >= 15 is 4.39 Å². The van der Waals surface area contributed by atoms with Crippen LogP contribution >= 0.6 is 0 Å². The highest BCUT2D eigenvalue weighted by Gasteiger charge is 2.28. The standard InChI is InChI=1S/C86H49FN8/c1-89-53-34-39-70(71(87)46-53)86-84(94-80-47-54(90-72-26-10-2-18-58(72)59-19-3-11-27-73(59)90)35-40-66(80)67-41-36-55(48-81(67)94)91-74-28-12-4-20-60(74)61-21-5-13-29-75(61)91)44-52(51-88)45-85(86)95-82-49-56(92-76-30-14-6-22-62(76)63-23-7-15-31-77(63)92)37-42-68(82)69-43-38-57(50-83(69)95)93-78-32-16-8-24-64(78)65-25-9-17-33-79(65)93/h2-50H. The van der Waals surface area contributed by atoms with E-state index in [2.05, 4.69) is 305 Å². The molecule has 6 aromatic heterocycles. The summed E-state index contributed by atoms with van der Waals surface area (Å²) in [5.41, 5.74) is 18.2. The number of halogens is 1. The van der Waals surface area contributed by atoms with Crippen molar-refractivity contribution in [2.24, 2.45) is 0 Å². The molecule has 0 unspecified atom stereocenters. The molecule has 20 rings (SSSR count). The number of aromatic nitrogens is 6. The molecule has 6 heterocycles. The van der Waals surface area contributed by atoms with Crippen LogP contribution in [0, 0.1) is 23.7 Å². The number of hydrogen-bond acceptors (Lipinski definition) is 1. The summed E-state index contributed by atoms with van der Waals surface area (Å²) in [6.45, 7) is 8.17. The third-order valence-electron chi connectivity index (χ3n) is 19.9. The zero-order chi connectivity index (χ0) is 62.7. The summed E-state index contributed by atoms with van der Waals surface area (Å²) in [6, 6.07) is 106. The largest absolute Gasteiger partial charge is 0.309 e. The van der Waals surface area contributed by atoms with E-state index in [0.717, 1.165) is 154 Å². The Kier molecular flexibility index (Phi) is 11.0. The number of nitriles is 1. The molecule has 0 spiro atoms. The molecule has 0 saturated carbocycles. The highest BCUT2D eigenvalue weighted by atomic mass is 19.1. The van der Waals surface area contributed by atoms with Gasteiger partial charge in [0.1, 0.15) is 5.82 Å². The lowest BCUT2D eigenvalue weighted by atomic mass is 9.97. The smallest absolute Gasteiger partial charge is 0.190 e. The van der Waals surface area contributed by atoms with Gasteiger partial charge < -0.3 is 27.4 Å². The van der Waals surface area contributed by atoms with E-state index in [4.69, 9.17) is 6.57 Å².